The van der Waals surface area contributed by atoms with Gasteiger partial charge in [0.05, 0.1) is 46.4 Å². The summed E-state index contributed by atoms with van der Waals surface area (Å²) in [6.07, 6.45) is 1.04. The van der Waals surface area contributed by atoms with Crippen molar-refractivity contribution in [1.29, 1.82) is 0 Å². The van der Waals surface area contributed by atoms with Crippen LogP contribution < -0.4 is 28.6 Å². The van der Waals surface area contributed by atoms with E-state index in [4.69, 9.17) is 18.9 Å². The molecule has 10 heteroatoms. The summed E-state index contributed by atoms with van der Waals surface area (Å²) < 4.78 is 47.4. The van der Waals surface area contributed by atoms with Crippen LogP contribution in [0.5, 0.6) is 23.0 Å². The lowest BCUT2D eigenvalue weighted by atomic mass is 10.1. The van der Waals surface area contributed by atoms with Crippen LogP contribution in [0.25, 0.3) is 0 Å². The fraction of sp³-hybridized carbons (Fsp3) is 0.409. The molecule has 0 bridgehead atoms. The largest absolute Gasteiger partial charge is 0.497 e. The van der Waals surface area contributed by atoms with Crippen LogP contribution in [-0.4, -0.2) is 55.1 Å². The van der Waals surface area contributed by atoms with Gasteiger partial charge in [-0.1, -0.05) is 0 Å². The second-order valence-corrected chi connectivity index (χ2v) is 8.97. The Bertz CT molecular complexity index is 1060. The zero-order chi connectivity index (χ0) is 24.1. The minimum atomic E-state index is -3.80. The van der Waals surface area contributed by atoms with E-state index >= 15 is 0 Å². The molecule has 0 heterocycles. The maximum Gasteiger partial charge on any atom is 0.244 e. The van der Waals surface area contributed by atoms with E-state index in [-0.39, 0.29) is 5.69 Å². The highest BCUT2D eigenvalue weighted by atomic mass is 32.2. The molecule has 0 unspecified atom stereocenters. The van der Waals surface area contributed by atoms with E-state index in [1.165, 1.54) is 34.3 Å². The molecule has 2 aromatic rings. The summed E-state index contributed by atoms with van der Waals surface area (Å²) in [5.74, 6) is 1.49. The highest BCUT2D eigenvalue weighted by Gasteiger charge is 2.31. The van der Waals surface area contributed by atoms with Gasteiger partial charge in [-0.3, -0.25) is 9.10 Å². The van der Waals surface area contributed by atoms with Gasteiger partial charge in [-0.15, -0.1) is 0 Å². The number of methoxy groups -OCH3 is 4. The first-order chi connectivity index (χ1) is 15.1. The molecular weight excluding hydrogens is 436 g/mol. The third-order valence-electron chi connectivity index (χ3n) is 4.97. The van der Waals surface area contributed by atoms with Crippen LogP contribution in [-0.2, 0) is 14.8 Å². The van der Waals surface area contributed by atoms with E-state index in [9.17, 15) is 13.2 Å². The number of benzene rings is 2. The molecule has 9 nitrogen and oxygen atoms in total. The second-order valence-electron chi connectivity index (χ2n) is 7.11. The molecule has 0 aromatic heterocycles. The lowest BCUT2D eigenvalue weighted by molar-refractivity contribution is -0.122. The lowest BCUT2D eigenvalue weighted by Gasteiger charge is -2.30. The third-order valence-corrected chi connectivity index (χ3v) is 6.21. The molecule has 0 aliphatic rings. The van der Waals surface area contributed by atoms with Gasteiger partial charge in [0, 0.05) is 11.6 Å². The summed E-state index contributed by atoms with van der Waals surface area (Å²) >= 11 is 0. The van der Waals surface area contributed by atoms with Crippen molar-refractivity contribution in [3.05, 3.63) is 42.0 Å². The van der Waals surface area contributed by atoms with Crippen molar-refractivity contribution in [1.82, 2.24) is 5.32 Å². The minimum absolute atomic E-state index is 0.277. The quantitative estimate of drug-likeness (QED) is 0.574. The number of nitrogens with zero attached hydrogens (tertiary/aromatic N) is 1. The molecule has 2 rings (SSSR count). The molecule has 1 N–H and O–H groups in total. The molecule has 2 atom stereocenters. The molecule has 2 aromatic carbocycles. The van der Waals surface area contributed by atoms with Crippen molar-refractivity contribution in [3.63, 3.8) is 0 Å². The zero-order valence-corrected chi connectivity index (χ0v) is 20.1. The molecule has 0 fully saturated rings. The topological polar surface area (TPSA) is 103 Å². The Hall–Kier alpha value is -3.14. The van der Waals surface area contributed by atoms with Crippen LogP contribution in [0.2, 0.25) is 0 Å². The van der Waals surface area contributed by atoms with Crippen molar-refractivity contribution in [2.75, 3.05) is 39.0 Å². The van der Waals surface area contributed by atoms with Gasteiger partial charge in [0.1, 0.15) is 17.5 Å². The fourth-order valence-electron chi connectivity index (χ4n) is 3.36. The van der Waals surface area contributed by atoms with Gasteiger partial charge in [0.2, 0.25) is 15.9 Å². The van der Waals surface area contributed by atoms with Crippen LogP contribution in [0.4, 0.5) is 5.69 Å². The molecule has 0 spiro atoms. The number of hydrogen-bond donors (Lipinski definition) is 1. The van der Waals surface area contributed by atoms with Gasteiger partial charge in [-0.2, -0.15) is 0 Å². The monoisotopic (exact) mass is 466 g/mol. The number of sulfonamides is 1. The number of anilines is 1. The summed E-state index contributed by atoms with van der Waals surface area (Å²) in [4.78, 5) is 13.1. The van der Waals surface area contributed by atoms with Crippen LogP contribution in [0.15, 0.2) is 36.4 Å². The summed E-state index contributed by atoms with van der Waals surface area (Å²) in [5.41, 5.74) is 0.976. The zero-order valence-electron chi connectivity index (χ0n) is 19.3. The third kappa shape index (κ3) is 5.56. The van der Waals surface area contributed by atoms with Crippen molar-refractivity contribution in [2.45, 2.75) is 25.9 Å². The SMILES string of the molecule is COc1ccc(OC)c([C@@H](C)NC(=O)[C@H](C)N(c2ccc(OC)c(OC)c2)S(C)(=O)=O)c1. The van der Waals surface area contributed by atoms with E-state index in [2.05, 4.69) is 5.32 Å². The highest BCUT2D eigenvalue weighted by molar-refractivity contribution is 7.92. The predicted molar refractivity (Wildman–Crippen MR) is 122 cm³/mol. The van der Waals surface area contributed by atoms with Crippen molar-refractivity contribution in [2.24, 2.45) is 0 Å². The molecule has 32 heavy (non-hydrogen) atoms. The number of hydrogen-bond acceptors (Lipinski definition) is 7. The predicted octanol–water partition coefficient (Wildman–Crippen LogP) is 2.75. The molecule has 0 aliphatic carbocycles. The summed E-state index contributed by atoms with van der Waals surface area (Å²) in [5, 5.41) is 2.86. The van der Waals surface area contributed by atoms with E-state index in [1.54, 1.807) is 44.4 Å². The van der Waals surface area contributed by atoms with Crippen LogP contribution in [0.3, 0.4) is 0 Å². The lowest BCUT2D eigenvalue weighted by Crippen LogP contribution is -2.48. The Balaban J connectivity index is 2.36. The molecule has 0 saturated carbocycles. The maximum absolute atomic E-state index is 13.1. The average molecular weight is 467 g/mol. The van der Waals surface area contributed by atoms with E-state index in [0.29, 0.717) is 28.6 Å². The molecule has 0 radical (unpaired) electrons. The van der Waals surface area contributed by atoms with E-state index in [1.807, 2.05) is 0 Å². The number of carbonyl (C=O) groups excluding carboxylic acids is 1. The first kappa shape index (κ1) is 25.1. The first-order valence-corrected chi connectivity index (χ1v) is 11.7. The van der Waals surface area contributed by atoms with Gasteiger partial charge in [-0.25, -0.2) is 8.42 Å². The van der Waals surface area contributed by atoms with Gasteiger partial charge in [-0.05, 0) is 44.2 Å². The molecule has 176 valence electrons. The standard InChI is InChI=1S/C22H30N2O7S/c1-14(18-13-17(28-3)9-11-19(18)29-4)23-22(25)15(2)24(32(7,26)27)16-8-10-20(30-5)21(12-16)31-6/h8-15H,1-7H3,(H,23,25)/t14-,15+/m1/s1. The van der Waals surface area contributed by atoms with Gasteiger partial charge >= 0.3 is 0 Å². The fourth-order valence-corrected chi connectivity index (χ4v) is 4.53. The number of carbonyl (C=O) groups is 1. The Morgan fingerprint density at radius 3 is 2.00 bits per heavy atom. The van der Waals surface area contributed by atoms with Crippen molar-refractivity contribution < 1.29 is 32.2 Å². The van der Waals surface area contributed by atoms with Crippen LogP contribution in [0, 0.1) is 0 Å². The number of rotatable bonds is 10. The summed E-state index contributed by atoms with van der Waals surface area (Å²) in [6, 6.07) is 8.40. The second kappa shape index (κ2) is 10.4. The molecular formula is C22H30N2O7S. The highest BCUT2D eigenvalue weighted by Crippen LogP contribution is 2.34. The normalized spacial score (nSPS) is 13.0. The Labute approximate surface area is 189 Å². The van der Waals surface area contributed by atoms with Gasteiger partial charge < -0.3 is 24.3 Å². The Morgan fingerprint density at radius 2 is 1.47 bits per heavy atom. The molecule has 0 saturated heterocycles. The van der Waals surface area contributed by atoms with Gasteiger partial charge in [0.25, 0.3) is 0 Å². The average Bonchev–Trinajstić information content (AvgIpc) is 2.77. The maximum atomic E-state index is 13.1. The first-order valence-electron chi connectivity index (χ1n) is 9.81. The van der Waals surface area contributed by atoms with Crippen LogP contribution >= 0.6 is 0 Å². The molecule has 0 aliphatic heterocycles. The van der Waals surface area contributed by atoms with Gasteiger partial charge in [0.15, 0.2) is 11.5 Å². The van der Waals surface area contributed by atoms with Crippen molar-refractivity contribution in [3.8, 4) is 23.0 Å². The smallest absolute Gasteiger partial charge is 0.244 e. The summed E-state index contributed by atoms with van der Waals surface area (Å²) in [6.45, 7) is 3.30. The Morgan fingerprint density at radius 1 is 0.875 bits per heavy atom. The number of nitrogens with one attached hydrogen (secondary N) is 1. The van der Waals surface area contributed by atoms with Crippen LogP contribution in [0.1, 0.15) is 25.5 Å². The molecule has 1 amide bonds. The number of ether oxygens (including phenoxy) is 4. The Kier molecular flexibility index (Phi) is 8.20. The van der Waals surface area contributed by atoms with E-state index < -0.39 is 28.0 Å². The summed E-state index contributed by atoms with van der Waals surface area (Å²) in [7, 11) is 2.21. The van der Waals surface area contributed by atoms with E-state index in [0.717, 1.165) is 10.6 Å². The number of amides is 1. The minimum Gasteiger partial charge on any atom is -0.497 e. The van der Waals surface area contributed by atoms with Crippen molar-refractivity contribution >= 4 is 21.6 Å².